The molecular formula is C31H55N8O14P. The number of carbonyl (C=O) groups is 9. The van der Waals surface area contributed by atoms with E-state index in [9.17, 15) is 57.5 Å². The van der Waals surface area contributed by atoms with Gasteiger partial charge in [0.2, 0.25) is 41.4 Å². The highest BCUT2D eigenvalue weighted by atomic mass is 31.2. The van der Waals surface area contributed by atoms with Crippen LogP contribution in [0.5, 0.6) is 0 Å². The minimum Gasteiger partial charge on any atom is -0.481 e. The van der Waals surface area contributed by atoms with E-state index in [-0.39, 0.29) is 24.7 Å². The highest BCUT2D eigenvalue weighted by Crippen LogP contribution is 2.35. The number of carbonyl (C=O) groups excluding carboxylic acids is 8. The molecule has 7 amide bonds. The highest BCUT2D eigenvalue weighted by Gasteiger charge is 2.34. The number of aliphatic carboxylic acids is 1. The molecule has 0 aliphatic rings. The van der Waals surface area contributed by atoms with E-state index in [4.69, 9.17) is 16.6 Å². The lowest BCUT2D eigenvalue weighted by Crippen LogP contribution is -2.60. The molecule has 0 aromatic carbocycles. The van der Waals surface area contributed by atoms with Gasteiger partial charge in [-0.15, -0.1) is 0 Å². The van der Waals surface area contributed by atoms with Gasteiger partial charge in [-0.2, -0.15) is 0 Å². The predicted octanol–water partition coefficient (Wildman–Crippen LogP) is -3.21. The van der Waals surface area contributed by atoms with Gasteiger partial charge in [0, 0.05) is 12.8 Å². The monoisotopic (exact) mass is 794 g/mol. The normalized spacial score (nSPS) is 15.3. The second-order valence-electron chi connectivity index (χ2n) is 13.5. The summed E-state index contributed by atoms with van der Waals surface area (Å²) in [6.07, 6.45) is -1.49. The zero-order valence-electron chi connectivity index (χ0n) is 31.2. The van der Waals surface area contributed by atoms with E-state index in [0.717, 1.165) is 0 Å². The second-order valence-corrected chi connectivity index (χ2v) is 14.8. The van der Waals surface area contributed by atoms with Gasteiger partial charge in [0.1, 0.15) is 36.5 Å². The van der Waals surface area contributed by atoms with Crippen molar-refractivity contribution < 1.29 is 67.1 Å². The maximum Gasteiger partial charge on any atom is 0.469 e. The summed E-state index contributed by atoms with van der Waals surface area (Å²) in [5.41, 5.74) is 10.9. The maximum absolute atomic E-state index is 13.6. The number of hydrogen-bond donors (Lipinski definition) is 11. The standard InChI is InChI=1S/C31H55N8O14P/c1-15(2)11-21(37-26(44)18(6)32)30(48)39-23(14-53-54(50,51)52)31(49)38-22(12-16(3)4)29(47)36-19(7-9-24(33)41)28(46)35-20(8-10-25(42)43)27(45)34-17(5)13-40/h13,15-23H,7-12,14,32H2,1-6H3,(H2,33,41)(H,34,45)(H,35,46)(H,36,47)(H,37,44)(H,38,49)(H,39,48)(H,42,43)(H2,50,51,52)/t17-,18-,19-,20-,21-,22-,23-/m0/s1. The molecule has 0 radical (unpaired) electrons. The number of aldehydes is 1. The molecule has 0 heterocycles. The first-order valence-corrected chi connectivity index (χ1v) is 18.6. The van der Waals surface area contributed by atoms with Crippen LogP contribution >= 0.6 is 7.82 Å². The van der Waals surface area contributed by atoms with Crippen molar-refractivity contribution >= 4 is 61.4 Å². The third-order valence-corrected chi connectivity index (χ3v) is 7.79. The Morgan fingerprint density at radius 2 is 1.00 bits per heavy atom. The van der Waals surface area contributed by atoms with E-state index in [1.54, 1.807) is 27.7 Å². The lowest BCUT2D eigenvalue weighted by atomic mass is 10.0. The molecule has 23 heteroatoms. The van der Waals surface area contributed by atoms with Crippen molar-refractivity contribution in [3.05, 3.63) is 0 Å². The summed E-state index contributed by atoms with van der Waals surface area (Å²) in [5.74, 6) is -8.41. The molecule has 0 fully saturated rings. The zero-order valence-corrected chi connectivity index (χ0v) is 32.1. The number of rotatable bonds is 26. The minimum atomic E-state index is -5.20. The quantitative estimate of drug-likeness (QED) is 0.0303. The average Bonchev–Trinajstić information content (AvgIpc) is 3.04. The van der Waals surface area contributed by atoms with Crippen molar-refractivity contribution in [3.8, 4) is 0 Å². The van der Waals surface area contributed by atoms with Gasteiger partial charge in [-0.05, 0) is 51.4 Å². The maximum atomic E-state index is 13.6. The molecule has 308 valence electrons. The van der Waals surface area contributed by atoms with Gasteiger partial charge in [0.15, 0.2) is 0 Å². The molecule has 0 aromatic rings. The van der Waals surface area contributed by atoms with E-state index in [0.29, 0.717) is 6.29 Å². The number of nitrogens with one attached hydrogen (secondary N) is 6. The molecule has 54 heavy (non-hydrogen) atoms. The Balaban J connectivity index is 6.47. The number of carboxylic acids is 1. The first-order valence-electron chi connectivity index (χ1n) is 17.1. The third kappa shape index (κ3) is 21.3. The number of carboxylic acid groups (broad SMARTS) is 1. The van der Waals surface area contributed by atoms with Crippen LogP contribution in [0.1, 0.15) is 80.1 Å². The largest absolute Gasteiger partial charge is 0.481 e. The molecule has 0 saturated carbocycles. The van der Waals surface area contributed by atoms with Crippen molar-refractivity contribution in [3.63, 3.8) is 0 Å². The van der Waals surface area contributed by atoms with E-state index >= 15 is 0 Å². The van der Waals surface area contributed by atoms with Crippen LogP contribution in [0, 0.1) is 11.8 Å². The van der Waals surface area contributed by atoms with Crippen molar-refractivity contribution in [2.75, 3.05) is 6.61 Å². The molecule has 0 unspecified atom stereocenters. The molecule has 0 aliphatic heterocycles. The summed E-state index contributed by atoms with van der Waals surface area (Å²) < 4.78 is 16.0. The second kappa shape index (κ2) is 24.0. The smallest absolute Gasteiger partial charge is 0.469 e. The Labute approximate surface area is 312 Å². The van der Waals surface area contributed by atoms with E-state index in [2.05, 4.69) is 36.4 Å². The molecule has 0 aromatic heterocycles. The lowest BCUT2D eigenvalue weighted by molar-refractivity contribution is -0.138. The van der Waals surface area contributed by atoms with E-state index < -0.39 is 130 Å². The molecule has 0 saturated heterocycles. The Bertz CT molecular complexity index is 1390. The number of amides is 7. The average molecular weight is 795 g/mol. The molecule has 13 N–H and O–H groups in total. The molecule has 0 bridgehead atoms. The van der Waals surface area contributed by atoms with E-state index in [1.807, 2.05) is 0 Å². The molecule has 0 rings (SSSR count). The van der Waals surface area contributed by atoms with Crippen LogP contribution in [0.15, 0.2) is 0 Å². The summed E-state index contributed by atoms with van der Waals surface area (Å²) in [4.78, 5) is 131. The highest BCUT2D eigenvalue weighted by molar-refractivity contribution is 7.46. The topological polar surface area (TPSA) is 365 Å². The Morgan fingerprint density at radius 1 is 0.630 bits per heavy atom. The molecule has 7 atom stereocenters. The number of nitrogens with two attached hydrogens (primary N) is 2. The lowest BCUT2D eigenvalue weighted by Gasteiger charge is -2.28. The van der Waals surface area contributed by atoms with Gasteiger partial charge < -0.3 is 63.1 Å². The zero-order chi connectivity index (χ0) is 41.9. The molecule has 22 nitrogen and oxygen atoms in total. The van der Waals surface area contributed by atoms with Gasteiger partial charge in [0.05, 0.1) is 18.7 Å². The van der Waals surface area contributed by atoms with Crippen molar-refractivity contribution in [2.45, 2.75) is 122 Å². The summed E-state index contributed by atoms with van der Waals surface area (Å²) >= 11 is 0. The van der Waals surface area contributed by atoms with Crippen LogP contribution in [0.4, 0.5) is 0 Å². The minimum absolute atomic E-state index is 0.0695. The van der Waals surface area contributed by atoms with Gasteiger partial charge in [0.25, 0.3) is 0 Å². The molecule has 0 aliphatic carbocycles. The van der Waals surface area contributed by atoms with Crippen LogP contribution in [-0.4, -0.2) is 117 Å². The first-order chi connectivity index (χ1) is 24.9. The fraction of sp³-hybridized carbons (Fsp3) is 0.710. The Hall–Kier alpha value is -4.50. The number of hydrogen-bond acceptors (Lipinski definition) is 12. The number of phosphoric ester groups is 1. The van der Waals surface area contributed by atoms with Crippen LogP contribution in [0.2, 0.25) is 0 Å². The van der Waals surface area contributed by atoms with Gasteiger partial charge >= 0.3 is 13.8 Å². The number of primary amides is 1. The summed E-state index contributed by atoms with van der Waals surface area (Å²) in [7, 11) is -5.20. The summed E-state index contributed by atoms with van der Waals surface area (Å²) in [6.45, 7) is 8.44. The predicted molar refractivity (Wildman–Crippen MR) is 189 cm³/mol. The van der Waals surface area contributed by atoms with Gasteiger partial charge in [-0.25, -0.2) is 4.57 Å². The van der Waals surface area contributed by atoms with Crippen molar-refractivity contribution in [2.24, 2.45) is 23.3 Å². The van der Waals surface area contributed by atoms with Crippen LogP contribution in [0.3, 0.4) is 0 Å². The summed E-state index contributed by atoms with van der Waals surface area (Å²) in [6, 6.07) is -9.65. The van der Waals surface area contributed by atoms with Crippen LogP contribution in [0.25, 0.3) is 0 Å². The van der Waals surface area contributed by atoms with Crippen molar-refractivity contribution in [1.29, 1.82) is 0 Å². The SMILES string of the molecule is CC(C)C[C@H](NC(=O)[C@H](C)N)C(=O)N[C@@H](COP(=O)(O)O)C(=O)N[C@@H](CC(C)C)C(=O)N[C@@H](CCC(N)=O)C(=O)N[C@@H](CCC(=O)O)C(=O)N[C@@H](C)C=O. The van der Waals surface area contributed by atoms with Gasteiger partial charge in [-0.3, -0.25) is 42.9 Å². The Morgan fingerprint density at radius 3 is 1.39 bits per heavy atom. The Kier molecular flexibility index (Phi) is 22.0. The fourth-order valence-corrected chi connectivity index (χ4v) is 4.95. The van der Waals surface area contributed by atoms with Crippen molar-refractivity contribution in [1.82, 2.24) is 31.9 Å². The fourth-order valence-electron chi connectivity index (χ4n) is 4.60. The first kappa shape index (κ1) is 49.5. The van der Waals surface area contributed by atoms with Crippen LogP contribution in [-0.2, 0) is 52.2 Å². The van der Waals surface area contributed by atoms with E-state index in [1.165, 1.54) is 13.8 Å². The molecular weight excluding hydrogens is 739 g/mol. The van der Waals surface area contributed by atoms with Gasteiger partial charge in [-0.1, -0.05) is 27.7 Å². The number of phosphoric acid groups is 1. The third-order valence-electron chi connectivity index (χ3n) is 7.30. The molecule has 0 spiro atoms. The summed E-state index contributed by atoms with van der Waals surface area (Å²) in [5, 5.41) is 23.2. The van der Waals surface area contributed by atoms with Crippen LogP contribution < -0.4 is 43.4 Å².